The monoisotopic (exact) mass is 663 g/mol. The molecule has 10 heteroatoms. The van der Waals surface area contributed by atoms with Crippen LogP contribution in [0.25, 0.3) is 10.8 Å². The van der Waals surface area contributed by atoms with E-state index in [4.69, 9.17) is 18.7 Å². The molecule has 4 unspecified atom stereocenters. The first-order chi connectivity index (χ1) is 23.1. The minimum Gasteiger partial charge on any atom is -0.404 e. The van der Waals surface area contributed by atoms with Crippen molar-refractivity contribution in [2.45, 2.75) is 56.5 Å². The third-order valence-electron chi connectivity index (χ3n) is 9.56. The molecule has 4 aromatic carbocycles. The second-order valence-corrected chi connectivity index (χ2v) is 18.1. The molecule has 0 saturated carbocycles. The van der Waals surface area contributed by atoms with Crippen molar-refractivity contribution in [2.75, 3.05) is 20.2 Å². The summed E-state index contributed by atoms with van der Waals surface area (Å²) in [5.41, 5.74) is -1.08. The third-order valence-corrected chi connectivity index (χ3v) is 14.5. The Hall–Kier alpha value is -4.16. The van der Waals surface area contributed by atoms with Gasteiger partial charge in [-0.05, 0) is 37.8 Å². The molecule has 9 nitrogen and oxygen atoms in total. The molecule has 248 valence electrons. The summed E-state index contributed by atoms with van der Waals surface area (Å²) >= 11 is 0. The molecule has 4 atom stereocenters. The number of benzene rings is 4. The number of aromatic nitrogens is 2. The fourth-order valence-electron chi connectivity index (χ4n) is 7.44. The maximum Gasteiger partial charge on any atom is 0.330 e. The first-order valence-electron chi connectivity index (χ1n) is 16.3. The molecular weight excluding hydrogens is 623 g/mol. The maximum atomic E-state index is 13.1. The van der Waals surface area contributed by atoms with Gasteiger partial charge in [0.25, 0.3) is 13.9 Å². The summed E-state index contributed by atoms with van der Waals surface area (Å²) in [6, 6.07) is 36.8. The molecular formula is C38H41N3O6Si. The minimum atomic E-state index is -2.98. The lowest BCUT2D eigenvalue weighted by Crippen LogP contribution is -2.69. The zero-order chi connectivity index (χ0) is 33.5. The van der Waals surface area contributed by atoms with E-state index in [9.17, 15) is 9.59 Å². The predicted octanol–water partition coefficient (Wildman–Crippen LogP) is 4.37. The summed E-state index contributed by atoms with van der Waals surface area (Å²) in [4.78, 5) is 33.9. The lowest BCUT2D eigenvalue weighted by Gasteiger charge is -2.47. The Balaban J connectivity index is 1.31. The molecule has 2 saturated heterocycles. The Morgan fingerprint density at radius 1 is 0.875 bits per heavy atom. The number of aromatic amines is 1. The Kier molecular flexibility index (Phi) is 8.57. The molecule has 3 heterocycles. The van der Waals surface area contributed by atoms with Gasteiger partial charge in [0.2, 0.25) is 0 Å². The number of fused-ring (bicyclic) bond motifs is 3. The fraction of sp³-hybridized carbons (Fsp3) is 0.316. The highest BCUT2D eigenvalue weighted by Crippen LogP contribution is 2.46. The summed E-state index contributed by atoms with van der Waals surface area (Å²) in [7, 11) is -1.12. The number of hydrogen-bond acceptors (Lipinski definition) is 7. The zero-order valence-corrected chi connectivity index (χ0v) is 28.7. The average Bonchev–Trinajstić information content (AvgIpc) is 3.26. The van der Waals surface area contributed by atoms with E-state index in [1.165, 1.54) is 16.8 Å². The molecule has 1 aromatic heterocycles. The van der Waals surface area contributed by atoms with Gasteiger partial charge in [-0.2, -0.15) is 5.06 Å². The first kappa shape index (κ1) is 32.4. The van der Waals surface area contributed by atoms with Crippen molar-refractivity contribution in [1.29, 1.82) is 0 Å². The van der Waals surface area contributed by atoms with E-state index in [-0.39, 0.29) is 11.6 Å². The van der Waals surface area contributed by atoms with Crippen LogP contribution in [0.4, 0.5) is 0 Å². The molecule has 0 radical (unpaired) electrons. The highest BCUT2D eigenvalue weighted by atomic mass is 28.4. The topological polar surface area (TPSA) is 95.0 Å². The van der Waals surface area contributed by atoms with Crippen molar-refractivity contribution in [2.24, 2.45) is 0 Å². The number of rotatable bonds is 9. The van der Waals surface area contributed by atoms with Crippen molar-refractivity contribution in [1.82, 2.24) is 14.6 Å². The molecule has 1 N–H and O–H groups in total. The molecule has 0 amide bonds. The SMILES string of the molecule is CN1CC2(CO[Si](c3ccccc3)(c3ccccc3)C(C)(C)C)OC(n3ccc(=O)[nH]c3=O)C(O1)C2OCc1ccc2ccccc2c1. The fourth-order valence-corrected chi connectivity index (χ4v) is 12.1. The number of likely N-dealkylation sites (N-methyl/N-ethyl adjacent to an activating group) is 1. The van der Waals surface area contributed by atoms with Gasteiger partial charge >= 0.3 is 5.69 Å². The first-order valence-corrected chi connectivity index (χ1v) is 18.2. The van der Waals surface area contributed by atoms with Gasteiger partial charge in [0.15, 0.2) is 12.3 Å². The second-order valence-electron chi connectivity index (χ2n) is 13.8. The van der Waals surface area contributed by atoms with Gasteiger partial charge in [0.05, 0.1) is 19.8 Å². The molecule has 0 spiro atoms. The third kappa shape index (κ3) is 5.78. The molecule has 48 heavy (non-hydrogen) atoms. The largest absolute Gasteiger partial charge is 0.404 e. The van der Waals surface area contributed by atoms with Crippen LogP contribution in [0.5, 0.6) is 0 Å². The van der Waals surface area contributed by atoms with Gasteiger partial charge < -0.3 is 13.9 Å². The van der Waals surface area contributed by atoms with Crippen molar-refractivity contribution in [3.8, 4) is 0 Å². The number of nitrogens with zero attached hydrogens (tertiary/aromatic N) is 2. The van der Waals surface area contributed by atoms with Crippen molar-refractivity contribution in [3.63, 3.8) is 0 Å². The van der Waals surface area contributed by atoms with Crippen LogP contribution in [0, 0.1) is 0 Å². The minimum absolute atomic E-state index is 0.182. The van der Waals surface area contributed by atoms with E-state index in [1.807, 2.05) is 31.3 Å². The van der Waals surface area contributed by atoms with Crippen LogP contribution in [0.15, 0.2) is 125 Å². The average molecular weight is 664 g/mol. The molecule has 2 aliphatic heterocycles. The van der Waals surface area contributed by atoms with Crippen molar-refractivity contribution >= 4 is 29.5 Å². The predicted molar refractivity (Wildman–Crippen MR) is 188 cm³/mol. The van der Waals surface area contributed by atoms with Crippen LogP contribution in [0.1, 0.15) is 32.6 Å². The van der Waals surface area contributed by atoms with E-state index >= 15 is 0 Å². The van der Waals surface area contributed by atoms with E-state index in [0.717, 1.165) is 26.7 Å². The lowest BCUT2D eigenvalue weighted by atomic mass is 9.94. The highest BCUT2D eigenvalue weighted by molar-refractivity contribution is 6.99. The number of hydroxylamine groups is 2. The number of nitrogens with one attached hydrogen (secondary N) is 1. The van der Waals surface area contributed by atoms with Gasteiger partial charge in [-0.1, -0.05) is 118 Å². The van der Waals surface area contributed by atoms with Gasteiger partial charge in [0, 0.05) is 19.3 Å². The van der Waals surface area contributed by atoms with Crippen LogP contribution in [-0.4, -0.2) is 60.9 Å². The van der Waals surface area contributed by atoms with Crippen LogP contribution < -0.4 is 21.6 Å². The summed E-state index contributed by atoms with van der Waals surface area (Å²) in [6.45, 7) is 7.53. The lowest BCUT2D eigenvalue weighted by molar-refractivity contribution is -0.267. The van der Waals surface area contributed by atoms with Crippen molar-refractivity contribution in [3.05, 3.63) is 142 Å². The zero-order valence-electron chi connectivity index (χ0n) is 27.7. The van der Waals surface area contributed by atoms with Gasteiger partial charge in [-0.25, -0.2) is 4.79 Å². The summed E-state index contributed by atoms with van der Waals surface area (Å²) in [5.74, 6) is 0. The Bertz CT molecular complexity index is 1970. The van der Waals surface area contributed by atoms with E-state index in [0.29, 0.717) is 13.2 Å². The van der Waals surface area contributed by atoms with E-state index in [2.05, 4.69) is 105 Å². The van der Waals surface area contributed by atoms with Crippen LogP contribution >= 0.6 is 0 Å². The van der Waals surface area contributed by atoms with Crippen LogP contribution in [0.3, 0.4) is 0 Å². The molecule has 2 bridgehead atoms. The molecule has 2 fully saturated rings. The normalized spacial score (nSPS) is 23.0. The highest BCUT2D eigenvalue weighted by Gasteiger charge is 2.63. The van der Waals surface area contributed by atoms with Gasteiger partial charge in [-0.15, -0.1) is 0 Å². The van der Waals surface area contributed by atoms with Gasteiger partial charge in [0.1, 0.15) is 11.7 Å². The van der Waals surface area contributed by atoms with Crippen LogP contribution in [0.2, 0.25) is 5.04 Å². The van der Waals surface area contributed by atoms with E-state index < -0.39 is 43.6 Å². The van der Waals surface area contributed by atoms with Crippen molar-refractivity contribution < 1.29 is 18.7 Å². The summed E-state index contributed by atoms with van der Waals surface area (Å²) in [6.07, 6.45) is -0.728. The number of H-pyrrole nitrogens is 1. The van der Waals surface area contributed by atoms with Crippen LogP contribution in [-0.2, 0) is 25.3 Å². The Morgan fingerprint density at radius 2 is 1.52 bits per heavy atom. The summed E-state index contributed by atoms with van der Waals surface area (Å²) in [5, 5.41) is 6.05. The second kappa shape index (κ2) is 12.7. The molecule has 2 aliphatic rings. The number of hydrogen-bond donors (Lipinski definition) is 1. The Labute approximate surface area is 280 Å². The van der Waals surface area contributed by atoms with E-state index in [1.54, 1.807) is 5.06 Å². The standard InChI is InChI=1S/C38H41N3O6Si/c1-37(2,3)48(30-15-7-5-8-16-30,31-17-9-6-10-18-31)45-26-38-25-40(4)47-33(35(46-38)41-22-21-32(42)39-36(41)43)34(38)44-24-27-19-20-28-13-11-12-14-29(28)23-27/h5-23,33-35H,24-26H2,1-4H3,(H,39,42,43). The summed E-state index contributed by atoms with van der Waals surface area (Å²) < 4.78 is 22.6. The Morgan fingerprint density at radius 3 is 2.17 bits per heavy atom. The molecule has 5 aromatic rings. The van der Waals surface area contributed by atoms with Gasteiger partial charge in [-0.3, -0.25) is 19.2 Å². The smallest absolute Gasteiger partial charge is 0.330 e. The molecule has 7 rings (SSSR count). The quantitative estimate of drug-likeness (QED) is 0.234. The number of ether oxygens (including phenoxy) is 2. The maximum absolute atomic E-state index is 13.1. The molecule has 0 aliphatic carbocycles.